The van der Waals surface area contributed by atoms with Crippen molar-refractivity contribution in [2.24, 2.45) is 0 Å². The van der Waals surface area contributed by atoms with Crippen LogP contribution in [0.2, 0.25) is 0 Å². The Morgan fingerprint density at radius 3 is 2.60 bits per heavy atom. The SMILES string of the molecule is Oc1nccnc1C1CC1. The predicted molar refractivity (Wildman–Crippen MR) is 35.7 cm³/mol. The third-order valence-corrected chi connectivity index (χ3v) is 1.67. The molecule has 52 valence electrons. The monoisotopic (exact) mass is 136 g/mol. The molecule has 1 aromatic heterocycles. The van der Waals surface area contributed by atoms with Gasteiger partial charge in [-0.2, -0.15) is 0 Å². The first kappa shape index (κ1) is 5.65. The lowest BCUT2D eigenvalue weighted by Crippen LogP contribution is -1.87. The highest BCUT2D eigenvalue weighted by Gasteiger charge is 2.27. The van der Waals surface area contributed by atoms with Crippen LogP contribution in [-0.4, -0.2) is 15.1 Å². The second kappa shape index (κ2) is 1.94. The zero-order valence-electron chi connectivity index (χ0n) is 5.49. The van der Waals surface area contributed by atoms with E-state index >= 15 is 0 Å². The van der Waals surface area contributed by atoms with Crippen molar-refractivity contribution in [3.8, 4) is 5.88 Å². The minimum absolute atomic E-state index is 0.102. The molecule has 1 heterocycles. The molecule has 1 fully saturated rings. The van der Waals surface area contributed by atoms with Gasteiger partial charge in [0.2, 0.25) is 5.88 Å². The maximum Gasteiger partial charge on any atom is 0.233 e. The van der Waals surface area contributed by atoms with Gasteiger partial charge < -0.3 is 5.11 Å². The fraction of sp³-hybridized carbons (Fsp3) is 0.429. The molecule has 1 aromatic rings. The van der Waals surface area contributed by atoms with E-state index < -0.39 is 0 Å². The molecule has 1 aliphatic carbocycles. The van der Waals surface area contributed by atoms with Gasteiger partial charge in [0.15, 0.2) is 0 Å². The third-order valence-electron chi connectivity index (χ3n) is 1.67. The van der Waals surface area contributed by atoms with Gasteiger partial charge >= 0.3 is 0 Å². The first-order valence-electron chi connectivity index (χ1n) is 3.38. The zero-order valence-corrected chi connectivity index (χ0v) is 5.49. The topological polar surface area (TPSA) is 46.0 Å². The summed E-state index contributed by atoms with van der Waals surface area (Å²) in [6.07, 6.45) is 5.41. The Kier molecular flexibility index (Phi) is 1.09. The molecule has 10 heavy (non-hydrogen) atoms. The van der Waals surface area contributed by atoms with Crippen molar-refractivity contribution in [2.45, 2.75) is 18.8 Å². The van der Waals surface area contributed by atoms with Crippen molar-refractivity contribution in [1.82, 2.24) is 9.97 Å². The highest BCUT2D eigenvalue weighted by Crippen LogP contribution is 2.41. The fourth-order valence-electron chi connectivity index (χ4n) is 0.986. The van der Waals surface area contributed by atoms with Crippen LogP contribution >= 0.6 is 0 Å². The van der Waals surface area contributed by atoms with Gasteiger partial charge in [0.05, 0.1) is 0 Å². The van der Waals surface area contributed by atoms with E-state index in [9.17, 15) is 0 Å². The molecule has 2 rings (SSSR count). The largest absolute Gasteiger partial charge is 0.492 e. The molecule has 0 atom stereocenters. The van der Waals surface area contributed by atoms with Crippen LogP contribution in [0.1, 0.15) is 24.5 Å². The normalized spacial score (nSPS) is 17.2. The molecule has 0 aromatic carbocycles. The number of hydrogen-bond acceptors (Lipinski definition) is 3. The van der Waals surface area contributed by atoms with Crippen LogP contribution in [0.5, 0.6) is 5.88 Å². The van der Waals surface area contributed by atoms with Crippen molar-refractivity contribution < 1.29 is 5.11 Å². The highest BCUT2D eigenvalue weighted by molar-refractivity contribution is 5.23. The molecule has 1 aliphatic rings. The third kappa shape index (κ3) is 0.835. The fourth-order valence-corrected chi connectivity index (χ4v) is 0.986. The molecular formula is C7H8N2O. The van der Waals surface area contributed by atoms with E-state index in [1.807, 2.05) is 0 Å². The second-order valence-electron chi connectivity index (χ2n) is 2.54. The summed E-state index contributed by atoms with van der Waals surface area (Å²) in [5, 5.41) is 9.15. The molecule has 0 aliphatic heterocycles. The smallest absolute Gasteiger partial charge is 0.233 e. The van der Waals surface area contributed by atoms with E-state index in [4.69, 9.17) is 5.11 Å². The Balaban J connectivity index is 2.39. The van der Waals surface area contributed by atoms with Crippen LogP contribution in [0.4, 0.5) is 0 Å². The molecule has 0 spiro atoms. The Morgan fingerprint density at radius 2 is 2.00 bits per heavy atom. The summed E-state index contributed by atoms with van der Waals surface area (Å²) in [6, 6.07) is 0. The standard InChI is InChI=1S/C7H8N2O/c10-7-6(5-1-2-5)8-3-4-9-7/h3-5H,1-2H2,(H,9,10). The van der Waals surface area contributed by atoms with Crippen LogP contribution in [0.25, 0.3) is 0 Å². The molecule has 0 radical (unpaired) electrons. The van der Waals surface area contributed by atoms with E-state index in [2.05, 4.69) is 9.97 Å². The molecule has 0 unspecified atom stereocenters. The van der Waals surface area contributed by atoms with Gasteiger partial charge in [-0.15, -0.1) is 0 Å². The molecule has 0 saturated heterocycles. The van der Waals surface area contributed by atoms with Crippen LogP contribution < -0.4 is 0 Å². The van der Waals surface area contributed by atoms with E-state index in [1.54, 1.807) is 6.20 Å². The Hall–Kier alpha value is -1.12. The minimum Gasteiger partial charge on any atom is -0.492 e. The quantitative estimate of drug-likeness (QED) is 0.627. The highest BCUT2D eigenvalue weighted by atomic mass is 16.3. The van der Waals surface area contributed by atoms with Gasteiger partial charge in [-0.25, -0.2) is 4.98 Å². The molecular weight excluding hydrogens is 128 g/mol. The summed E-state index contributed by atoms with van der Waals surface area (Å²) in [5.41, 5.74) is 0.766. The molecule has 0 bridgehead atoms. The van der Waals surface area contributed by atoms with Gasteiger partial charge in [-0.05, 0) is 12.8 Å². The Bertz CT molecular complexity index is 245. The van der Waals surface area contributed by atoms with Crippen molar-refractivity contribution in [2.75, 3.05) is 0 Å². The number of aromatic nitrogens is 2. The second-order valence-corrected chi connectivity index (χ2v) is 2.54. The average Bonchev–Trinajstić information content (AvgIpc) is 2.71. The summed E-state index contributed by atoms with van der Waals surface area (Å²) in [4.78, 5) is 7.76. The van der Waals surface area contributed by atoms with Gasteiger partial charge in [-0.1, -0.05) is 0 Å². The van der Waals surface area contributed by atoms with E-state index in [0.717, 1.165) is 18.5 Å². The number of nitrogens with zero attached hydrogens (tertiary/aromatic N) is 2. The Morgan fingerprint density at radius 1 is 1.30 bits per heavy atom. The van der Waals surface area contributed by atoms with Crippen LogP contribution in [0, 0.1) is 0 Å². The van der Waals surface area contributed by atoms with Crippen molar-refractivity contribution in [3.63, 3.8) is 0 Å². The average molecular weight is 136 g/mol. The van der Waals surface area contributed by atoms with Gasteiger partial charge in [0.25, 0.3) is 0 Å². The van der Waals surface area contributed by atoms with Gasteiger partial charge in [0.1, 0.15) is 5.69 Å². The van der Waals surface area contributed by atoms with Crippen LogP contribution in [0.15, 0.2) is 12.4 Å². The number of rotatable bonds is 1. The number of aromatic hydroxyl groups is 1. The lowest BCUT2D eigenvalue weighted by molar-refractivity contribution is 0.441. The summed E-state index contributed by atoms with van der Waals surface area (Å²) in [7, 11) is 0. The molecule has 0 amide bonds. The number of hydrogen-bond donors (Lipinski definition) is 1. The van der Waals surface area contributed by atoms with Gasteiger partial charge in [-0.3, -0.25) is 4.98 Å². The summed E-state index contributed by atoms with van der Waals surface area (Å²) < 4.78 is 0. The predicted octanol–water partition coefficient (Wildman–Crippen LogP) is 1.06. The zero-order chi connectivity index (χ0) is 6.97. The first-order chi connectivity index (χ1) is 4.88. The molecule has 3 heteroatoms. The van der Waals surface area contributed by atoms with Crippen LogP contribution in [0.3, 0.4) is 0 Å². The Labute approximate surface area is 58.8 Å². The van der Waals surface area contributed by atoms with Crippen molar-refractivity contribution >= 4 is 0 Å². The molecule has 1 N–H and O–H groups in total. The lowest BCUT2D eigenvalue weighted by atomic mass is 10.3. The van der Waals surface area contributed by atoms with Crippen molar-refractivity contribution in [1.29, 1.82) is 0 Å². The first-order valence-corrected chi connectivity index (χ1v) is 3.38. The van der Waals surface area contributed by atoms with E-state index in [-0.39, 0.29) is 5.88 Å². The van der Waals surface area contributed by atoms with Gasteiger partial charge in [0, 0.05) is 18.3 Å². The maximum atomic E-state index is 9.15. The maximum absolute atomic E-state index is 9.15. The minimum atomic E-state index is 0.102. The lowest BCUT2D eigenvalue weighted by Gasteiger charge is -1.96. The van der Waals surface area contributed by atoms with Crippen molar-refractivity contribution in [3.05, 3.63) is 18.1 Å². The summed E-state index contributed by atoms with van der Waals surface area (Å²) >= 11 is 0. The summed E-state index contributed by atoms with van der Waals surface area (Å²) in [6.45, 7) is 0. The van der Waals surface area contributed by atoms with E-state index in [0.29, 0.717) is 5.92 Å². The molecule has 3 nitrogen and oxygen atoms in total. The van der Waals surface area contributed by atoms with Crippen LogP contribution in [-0.2, 0) is 0 Å². The summed E-state index contributed by atoms with van der Waals surface area (Å²) in [5.74, 6) is 0.582. The van der Waals surface area contributed by atoms with E-state index in [1.165, 1.54) is 6.20 Å². The molecule has 1 saturated carbocycles.